The Bertz CT molecular complexity index is 1090. The fraction of sp³-hybridized carbons (Fsp3) is 0.0476. The smallest absolute Gasteiger partial charge is 0.340 e. The molecule has 4 aromatic rings. The lowest BCUT2D eigenvalue weighted by Gasteiger charge is -2.00. The summed E-state index contributed by atoms with van der Waals surface area (Å²) in [5, 5.41) is 8.88. The van der Waals surface area contributed by atoms with E-state index >= 15 is 0 Å². The number of aromatic carboxylic acids is 1. The van der Waals surface area contributed by atoms with Crippen molar-refractivity contribution >= 4 is 35.0 Å². The van der Waals surface area contributed by atoms with Crippen molar-refractivity contribution in [1.82, 2.24) is 8.75 Å². The zero-order valence-electron chi connectivity index (χ0n) is 15.3. The van der Waals surface area contributed by atoms with E-state index in [1.807, 2.05) is 60.7 Å². The van der Waals surface area contributed by atoms with E-state index in [1.54, 1.807) is 6.20 Å². The molecule has 0 unspecified atom stereocenters. The molecule has 29 heavy (non-hydrogen) atoms. The van der Waals surface area contributed by atoms with E-state index in [2.05, 4.69) is 13.5 Å². The number of ether oxygens (including phenoxy) is 1. The molecule has 0 bridgehead atoms. The zero-order chi connectivity index (χ0) is 20.6. The summed E-state index contributed by atoms with van der Waals surface area (Å²) >= 11 is 2.50. The van der Waals surface area contributed by atoms with Crippen LogP contribution in [-0.2, 0) is 4.74 Å². The quantitative estimate of drug-likeness (QED) is 0.458. The Hall–Kier alpha value is -3.36. The third kappa shape index (κ3) is 4.92. The second-order valence-electron chi connectivity index (χ2n) is 5.67. The van der Waals surface area contributed by atoms with Gasteiger partial charge in [0.2, 0.25) is 0 Å². The summed E-state index contributed by atoms with van der Waals surface area (Å²) < 4.78 is 12.6. The number of esters is 1. The van der Waals surface area contributed by atoms with Gasteiger partial charge in [0.05, 0.1) is 40.4 Å². The molecule has 0 aliphatic carbocycles. The molecule has 8 heteroatoms. The fourth-order valence-corrected chi connectivity index (χ4v) is 3.97. The summed E-state index contributed by atoms with van der Waals surface area (Å²) in [4.78, 5) is 23.8. The van der Waals surface area contributed by atoms with E-state index < -0.39 is 5.97 Å². The average molecular weight is 425 g/mol. The van der Waals surface area contributed by atoms with Gasteiger partial charge in [0.1, 0.15) is 0 Å². The van der Waals surface area contributed by atoms with Crippen LogP contribution in [0, 0.1) is 0 Å². The van der Waals surface area contributed by atoms with Crippen LogP contribution < -0.4 is 0 Å². The highest BCUT2D eigenvalue weighted by Gasteiger charge is 2.15. The third-order valence-electron chi connectivity index (χ3n) is 3.85. The fourth-order valence-electron chi connectivity index (χ4n) is 2.48. The summed E-state index contributed by atoms with van der Waals surface area (Å²) in [6.45, 7) is 0. The van der Waals surface area contributed by atoms with Crippen LogP contribution in [0.1, 0.15) is 20.7 Å². The molecule has 0 aliphatic heterocycles. The van der Waals surface area contributed by atoms with Gasteiger partial charge in [0.15, 0.2) is 0 Å². The highest BCUT2D eigenvalue weighted by Crippen LogP contribution is 2.28. The van der Waals surface area contributed by atoms with Crippen LogP contribution in [0.15, 0.2) is 73.1 Å². The Morgan fingerprint density at radius 2 is 1.24 bits per heavy atom. The summed E-state index contributed by atoms with van der Waals surface area (Å²) in [5.74, 6) is -1.28. The summed E-state index contributed by atoms with van der Waals surface area (Å²) in [6.07, 6.45) is 2.92. The molecule has 0 fully saturated rings. The molecule has 0 spiro atoms. The number of methoxy groups -OCH3 is 1. The van der Waals surface area contributed by atoms with Gasteiger partial charge in [-0.25, -0.2) is 9.59 Å². The first-order valence-electron chi connectivity index (χ1n) is 8.43. The van der Waals surface area contributed by atoms with E-state index in [1.165, 1.54) is 36.4 Å². The highest BCUT2D eigenvalue weighted by atomic mass is 32.1. The van der Waals surface area contributed by atoms with Crippen molar-refractivity contribution in [2.24, 2.45) is 0 Å². The maximum absolute atomic E-state index is 11.4. The summed E-state index contributed by atoms with van der Waals surface area (Å²) in [7, 11) is 1.37. The van der Waals surface area contributed by atoms with Gasteiger partial charge < -0.3 is 9.84 Å². The van der Waals surface area contributed by atoms with Crippen molar-refractivity contribution in [1.29, 1.82) is 0 Å². The van der Waals surface area contributed by atoms with E-state index in [-0.39, 0.29) is 11.5 Å². The van der Waals surface area contributed by atoms with Crippen molar-refractivity contribution < 1.29 is 19.4 Å². The minimum atomic E-state index is -0.933. The largest absolute Gasteiger partial charge is 0.478 e. The first kappa shape index (κ1) is 20.4. The highest BCUT2D eigenvalue weighted by molar-refractivity contribution is 7.10. The second-order valence-corrected chi connectivity index (χ2v) is 7.27. The predicted molar refractivity (Wildman–Crippen MR) is 113 cm³/mol. The topological polar surface area (TPSA) is 89.4 Å². The van der Waals surface area contributed by atoms with Crippen molar-refractivity contribution in [3.8, 4) is 20.9 Å². The summed E-state index contributed by atoms with van der Waals surface area (Å²) in [6, 6.07) is 19.1. The van der Waals surface area contributed by atoms with Gasteiger partial charge in [-0.3, -0.25) is 0 Å². The number of carbonyl (C=O) groups excluding carboxylic acids is 1. The Balaban J connectivity index is 0.000000166. The van der Waals surface area contributed by atoms with Crippen LogP contribution in [0.5, 0.6) is 0 Å². The van der Waals surface area contributed by atoms with E-state index in [4.69, 9.17) is 5.11 Å². The molecule has 6 nitrogen and oxygen atoms in total. The van der Waals surface area contributed by atoms with Crippen LogP contribution in [-0.4, -0.2) is 32.9 Å². The molecule has 0 saturated heterocycles. The van der Waals surface area contributed by atoms with Crippen LogP contribution in [0.25, 0.3) is 20.9 Å². The summed E-state index contributed by atoms with van der Waals surface area (Å²) in [5.41, 5.74) is 2.67. The Morgan fingerprint density at radius 1 is 0.793 bits per heavy atom. The van der Waals surface area contributed by atoms with Gasteiger partial charge in [-0.15, -0.1) is 0 Å². The number of aromatic nitrogens is 2. The second kappa shape index (κ2) is 9.72. The van der Waals surface area contributed by atoms with Crippen LogP contribution in [0.3, 0.4) is 0 Å². The molecule has 0 atom stereocenters. The van der Waals surface area contributed by atoms with Crippen molar-refractivity contribution in [3.05, 3.63) is 84.2 Å². The Labute approximate surface area is 175 Å². The van der Waals surface area contributed by atoms with Gasteiger partial charge in [-0.1, -0.05) is 60.7 Å². The third-order valence-corrected chi connectivity index (χ3v) is 5.55. The molecule has 2 heterocycles. The maximum Gasteiger partial charge on any atom is 0.340 e. The molecule has 2 aromatic heterocycles. The van der Waals surface area contributed by atoms with Gasteiger partial charge >= 0.3 is 11.9 Å². The SMILES string of the molecule is COC(=O)c1cnsc1-c1ccccc1.O=C(O)c1cnsc1-c1ccccc1. The van der Waals surface area contributed by atoms with E-state index in [0.29, 0.717) is 10.4 Å². The number of hydrogen-bond acceptors (Lipinski definition) is 7. The first-order chi connectivity index (χ1) is 14.1. The monoisotopic (exact) mass is 424 g/mol. The molecular weight excluding hydrogens is 408 g/mol. The number of carboxylic acids is 1. The minimum absolute atomic E-state index is 0.265. The van der Waals surface area contributed by atoms with E-state index in [0.717, 1.165) is 16.0 Å². The van der Waals surface area contributed by atoms with Gasteiger partial charge in [-0.05, 0) is 34.2 Å². The first-order valence-corrected chi connectivity index (χ1v) is 9.98. The average Bonchev–Trinajstić information content (AvgIpc) is 3.45. The predicted octanol–water partition coefficient (Wildman–Crippen LogP) is 5.11. The van der Waals surface area contributed by atoms with E-state index in [9.17, 15) is 9.59 Å². The van der Waals surface area contributed by atoms with Crippen LogP contribution in [0.4, 0.5) is 0 Å². The van der Waals surface area contributed by atoms with Gasteiger partial charge in [-0.2, -0.15) is 8.75 Å². The molecule has 0 saturated carbocycles. The van der Waals surface area contributed by atoms with Gasteiger partial charge in [0, 0.05) is 0 Å². The Morgan fingerprint density at radius 3 is 1.69 bits per heavy atom. The molecule has 4 rings (SSSR count). The normalized spacial score (nSPS) is 9.97. The minimum Gasteiger partial charge on any atom is -0.478 e. The number of carbonyl (C=O) groups is 2. The lowest BCUT2D eigenvalue weighted by molar-refractivity contribution is 0.0601. The van der Waals surface area contributed by atoms with Crippen LogP contribution in [0.2, 0.25) is 0 Å². The standard InChI is InChI=1S/C11H9NO2S.C10H7NO2S/c1-14-11(13)9-7-12-15-10(9)8-5-3-2-4-6-8;12-10(13)8-6-11-14-9(8)7-4-2-1-3-5-7/h2-7H,1H3;1-6H,(H,12,13). The maximum atomic E-state index is 11.4. The number of nitrogens with zero attached hydrogens (tertiary/aromatic N) is 2. The van der Waals surface area contributed by atoms with Crippen molar-refractivity contribution in [2.45, 2.75) is 0 Å². The van der Waals surface area contributed by atoms with Crippen molar-refractivity contribution in [3.63, 3.8) is 0 Å². The molecule has 0 radical (unpaired) electrons. The molecule has 1 N–H and O–H groups in total. The number of carboxylic acid groups (broad SMARTS) is 1. The molecular formula is C21H16N2O4S2. The molecule has 2 aromatic carbocycles. The molecule has 146 valence electrons. The Kier molecular flexibility index (Phi) is 6.83. The number of hydrogen-bond donors (Lipinski definition) is 1. The number of benzene rings is 2. The zero-order valence-corrected chi connectivity index (χ0v) is 16.9. The van der Waals surface area contributed by atoms with Crippen molar-refractivity contribution in [2.75, 3.05) is 7.11 Å². The number of rotatable bonds is 4. The van der Waals surface area contributed by atoms with Crippen LogP contribution >= 0.6 is 23.1 Å². The lowest BCUT2D eigenvalue weighted by atomic mass is 10.1. The molecule has 0 aliphatic rings. The lowest BCUT2D eigenvalue weighted by Crippen LogP contribution is -2.00. The van der Waals surface area contributed by atoms with Gasteiger partial charge in [0.25, 0.3) is 0 Å². The molecule has 0 amide bonds.